The summed E-state index contributed by atoms with van der Waals surface area (Å²) in [5.74, 6) is 0. The summed E-state index contributed by atoms with van der Waals surface area (Å²) in [7, 11) is 1.90. The Kier molecular flexibility index (Phi) is 2.31. The van der Waals surface area contributed by atoms with E-state index in [2.05, 4.69) is 41.5 Å². The van der Waals surface area contributed by atoms with Crippen LogP contribution in [0.25, 0.3) is 11.3 Å². The van der Waals surface area contributed by atoms with E-state index in [1.807, 2.05) is 7.05 Å². The highest BCUT2D eigenvalue weighted by molar-refractivity contribution is 5.58. The molecule has 1 aromatic carbocycles. The van der Waals surface area contributed by atoms with Crippen LogP contribution >= 0.6 is 0 Å². The van der Waals surface area contributed by atoms with Gasteiger partial charge in [-0.05, 0) is 12.0 Å². The van der Waals surface area contributed by atoms with E-state index in [1.165, 1.54) is 5.56 Å². The summed E-state index contributed by atoms with van der Waals surface area (Å²) in [6.07, 6.45) is 2.85. The lowest BCUT2D eigenvalue weighted by molar-refractivity contribution is 0.720. The molecule has 1 aromatic heterocycles. The van der Waals surface area contributed by atoms with Crippen LogP contribution in [-0.4, -0.2) is 15.0 Å². The fraction of sp³-hybridized carbons (Fsp3) is 0.273. The minimum Gasteiger partial charge on any atom is -0.248 e. The number of hydrogen-bond acceptors (Lipinski definition) is 2. The maximum atomic E-state index is 3.90. The minimum atomic E-state index is 1.05. The third kappa shape index (κ3) is 1.53. The van der Waals surface area contributed by atoms with Gasteiger partial charge in [0.1, 0.15) is 0 Å². The van der Waals surface area contributed by atoms with Crippen LogP contribution in [0.2, 0.25) is 0 Å². The molecule has 0 saturated carbocycles. The first-order chi connectivity index (χ1) is 6.81. The van der Waals surface area contributed by atoms with Crippen molar-refractivity contribution in [2.24, 2.45) is 7.05 Å². The van der Waals surface area contributed by atoms with Crippen molar-refractivity contribution < 1.29 is 0 Å². The minimum absolute atomic E-state index is 1.05. The van der Waals surface area contributed by atoms with Gasteiger partial charge in [0.15, 0.2) is 0 Å². The second kappa shape index (κ2) is 3.62. The summed E-state index contributed by atoms with van der Waals surface area (Å²) < 4.78 is 1.78. The second-order valence-corrected chi connectivity index (χ2v) is 3.29. The molecule has 14 heavy (non-hydrogen) atoms. The van der Waals surface area contributed by atoms with E-state index in [-0.39, 0.29) is 0 Å². The quantitative estimate of drug-likeness (QED) is 0.720. The topological polar surface area (TPSA) is 30.7 Å². The Morgan fingerprint density at radius 1 is 1.21 bits per heavy atom. The van der Waals surface area contributed by atoms with Crippen LogP contribution in [0.1, 0.15) is 12.5 Å². The zero-order valence-electron chi connectivity index (χ0n) is 8.44. The average Bonchev–Trinajstić information content (AvgIpc) is 2.65. The van der Waals surface area contributed by atoms with Crippen molar-refractivity contribution in [3.05, 3.63) is 36.0 Å². The van der Waals surface area contributed by atoms with Gasteiger partial charge in [-0.2, -0.15) is 0 Å². The van der Waals surface area contributed by atoms with Gasteiger partial charge < -0.3 is 0 Å². The third-order valence-electron chi connectivity index (χ3n) is 2.37. The first-order valence-corrected chi connectivity index (χ1v) is 4.75. The van der Waals surface area contributed by atoms with Gasteiger partial charge in [-0.1, -0.05) is 36.4 Å². The van der Waals surface area contributed by atoms with Gasteiger partial charge >= 0.3 is 0 Å². The Labute approximate surface area is 83.4 Å². The molecule has 0 atom stereocenters. The van der Waals surface area contributed by atoms with Crippen LogP contribution in [0, 0.1) is 0 Å². The van der Waals surface area contributed by atoms with Crippen molar-refractivity contribution in [2.45, 2.75) is 13.3 Å². The molecule has 1 heterocycles. The Morgan fingerprint density at radius 3 is 2.43 bits per heavy atom. The predicted octanol–water partition coefficient (Wildman–Crippen LogP) is 2.04. The molecule has 0 spiro atoms. The third-order valence-corrected chi connectivity index (χ3v) is 2.37. The summed E-state index contributed by atoms with van der Waals surface area (Å²) in [4.78, 5) is 0. The molecule has 0 aliphatic carbocycles. The monoisotopic (exact) mass is 187 g/mol. The van der Waals surface area contributed by atoms with Crippen molar-refractivity contribution in [3.8, 4) is 11.3 Å². The van der Waals surface area contributed by atoms with Crippen LogP contribution < -0.4 is 0 Å². The van der Waals surface area contributed by atoms with Gasteiger partial charge in [-0.25, -0.2) is 4.68 Å². The van der Waals surface area contributed by atoms with Crippen LogP contribution in [0.4, 0.5) is 0 Å². The molecule has 0 unspecified atom stereocenters. The van der Waals surface area contributed by atoms with Gasteiger partial charge in [0, 0.05) is 12.6 Å². The zero-order chi connectivity index (χ0) is 9.97. The Morgan fingerprint density at radius 2 is 1.93 bits per heavy atom. The molecule has 0 bridgehead atoms. The first kappa shape index (κ1) is 8.94. The predicted molar refractivity (Wildman–Crippen MR) is 55.8 cm³/mol. The van der Waals surface area contributed by atoms with Crippen LogP contribution in [0.3, 0.4) is 0 Å². The van der Waals surface area contributed by atoms with Crippen LogP contribution in [0.5, 0.6) is 0 Å². The lowest BCUT2D eigenvalue weighted by Crippen LogP contribution is -1.93. The molecule has 3 heteroatoms. The summed E-state index contributed by atoms with van der Waals surface area (Å²) >= 11 is 0. The Hall–Kier alpha value is -1.64. The molecule has 0 aliphatic heterocycles. The molecule has 2 rings (SSSR count). The van der Waals surface area contributed by atoms with Crippen molar-refractivity contribution in [1.29, 1.82) is 0 Å². The van der Waals surface area contributed by atoms with Crippen molar-refractivity contribution in [1.82, 2.24) is 15.0 Å². The van der Waals surface area contributed by atoms with Gasteiger partial charge in [-0.15, -0.1) is 5.10 Å². The summed E-state index contributed by atoms with van der Waals surface area (Å²) in [6.45, 7) is 2.15. The molecule has 72 valence electrons. The highest BCUT2D eigenvalue weighted by Crippen LogP contribution is 2.17. The van der Waals surface area contributed by atoms with E-state index in [4.69, 9.17) is 0 Å². The molecule has 0 fully saturated rings. The molecular weight excluding hydrogens is 174 g/mol. The molecule has 2 aromatic rings. The first-order valence-electron chi connectivity index (χ1n) is 4.75. The highest BCUT2D eigenvalue weighted by Gasteiger charge is 2.02. The van der Waals surface area contributed by atoms with Gasteiger partial charge in [0.25, 0.3) is 0 Å². The maximum Gasteiger partial charge on any atom is 0.0882 e. The number of aromatic nitrogens is 3. The number of hydrogen-bond donors (Lipinski definition) is 0. The SMILES string of the molecule is CCc1ccc(-c2cnnn2C)cc1. The van der Waals surface area contributed by atoms with Crippen LogP contribution in [0.15, 0.2) is 30.5 Å². The van der Waals surface area contributed by atoms with E-state index in [9.17, 15) is 0 Å². The molecule has 0 radical (unpaired) electrons. The largest absolute Gasteiger partial charge is 0.248 e. The van der Waals surface area contributed by atoms with E-state index in [1.54, 1.807) is 10.9 Å². The number of rotatable bonds is 2. The second-order valence-electron chi connectivity index (χ2n) is 3.29. The summed E-state index contributed by atoms with van der Waals surface area (Å²) in [5, 5.41) is 7.76. The maximum absolute atomic E-state index is 3.90. The molecule has 0 saturated heterocycles. The molecule has 0 N–H and O–H groups in total. The van der Waals surface area contributed by atoms with Crippen molar-refractivity contribution in [2.75, 3.05) is 0 Å². The van der Waals surface area contributed by atoms with Crippen LogP contribution in [-0.2, 0) is 13.5 Å². The lowest BCUT2D eigenvalue weighted by atomic mass is 10.1. The van der Waals surface area contributed by atoms with E-state index in [0.29, 0.717) is 0 Å². The standard InChI is InChI=1S/C11H13N3/c1-3-9-4-6-10(7-5-9)11-8-12-13-14(11)2/h4-8H,3H2,1-2H3. The lowest BCUT2D eigenvalue weighted by Gasteiger charge is -2.01. The van der Waals surface area contributed by atoms with Gasteiger partial charge in [0.2, 0.25) is 0 Å². The number of aryl methyl sites for hydroxylation is 2. The average molecular weight is 187 g/mol. The van der Waals surface area contributed by atoms with Crippen molar-refractivity contribution >= 4 is 0 Å². The normalized spacial score (nSPS) is 10.4. The number of nitrogens with zero attached hydrogens (tertiary/aromatic N) is 3. The fourth-order valence-corrected chi connectivity index (χ4v) is 1.46. The summed E-state index contributed by atoms with van der Waals surface area (Å²) in [6, 6.07) is 8.50. The molecular formula is C11H13N3. The molecule has 0 aliphatic rings. The Bertz CT molecular complexity index is 414. The fourth-order valence-electron chi connectivity index (χ4n) is 1.46. The molecule has 3 nitrogen and oxygen atoms in total. The number of benzene rings is 1. The Balaban J connectivity index is 2.39. The van der Waals surface area contributed by atoms with E-state index in [0.717, 1.165) is 17.7 Å². The summed E-state index contributed by atoms with van der Waals surface area (Å²) in [5.41, 5.74) is 3.56. The highest BCUT2D eigenvalue weighted by atomic mass is 15.4. The van der Waals surface area contributed by atoms with E-state index < -0.39 is 0 Å². The smallest absolute Gasteiger partial charge is 0.0882 e. The van der Waals surface area contributed by atoms with Gasteiger partial charge in [-0.3, -0.25) is 0 Å². The molecule has 0 amide bonds. The van der Waals surface area contributed by atoms with E-state index >= 15 is 0 Å². The van der Waals surface area contributed by atoms with Crippen molar-refractivity contribution in [3.63, 3.8) is 0 Å². The van der Waals surface area contributed by atoms with Gasteiger partial charge in [0.05, 0.1) is 11.9 Å². The zero-order valence-corrected chi connectivity index (χ0v) is 8.44.